The summed E-state index contributed by atoms with van der Waals surface area (Å²) < 4.78 is 0. The molecule has 2 nitrogen and oxygen atoms in total. The van der Waals surface area contributed by atoms with Gasteiger partial charge in [0.2, 0.25) is 0 Å². The lowest BCUT2D eigenvalue weighted by atomic mass is 9.87. The second-order valence-electron chi connectivity index (χ2n) is 5.39. The summed E-state index contributed by atoms with van der Waals surface area (Å²) in [6, 6.07) is 8.17. The Morgan fingerprint density at radius 1 is 1.07 bits per heavy atom. The highest BCUT2D eigenvalue weighted by molar-refractivity contribution is 5.27. The van der Waals surface area contributed by atoms with Crippen molar-refractivity contribution in [1.82, 2.24) is 4.98 Å². The first-order valence-electron chi connectivity index (χ1n) is 5.16. The molecule has 0 bridgehead atoms. The molecule has 0 saturated carbocycles. The van der Waals surface area contributed by atoms with Gasteiger partial charge in [0.25, 0.3) is 0 Å². The standard InChI is InChI=1S/C13H18N2/c1-12(2,3)10-7-6-8-11(15-10)13(4,5)9-14/h6-8H,1-5H3. The van der Waals surface area contributed by atoms with Gasteiger partial charge in [0, 0.05) is 11.1 Å². The van der Waals surface area contributed by atoms with Crippen LogP contribution in [0, 0.1) is 11.3 Å². The van der Waals surface area contributed by atoms with E-state index in [1.54, 1.807) is 0 Å². The number of hydrogen-bond acceptors (Lipinski definition) is 2. The van der Waals surface area contributed by atoms with Crippen molar-refractivity contribution in [2.75, 3.05) is 0 Å². The molecule has 0 atom stereocenters. The minimum absolute atomic E-state index is 0.0293. The van der Waals surface area contributed by atoms with E-state index < -0.39 is 5.41 Å². The third-order valence-electron chi connectivity index (χ3n) is 2.44. The van der Waals surface area contributed by atoms with E-state index in [2.05, 4.69) is 31.8 Å². The topological polar surface area (TPSA) is 36.7 Å². The summed E-state index contributed by atoms with van der Waals surface area (Å²) in [6.45, 7) is 10.2. The quantitative estimate of drug-likeness (QED) is 0.701. The molecule has 1 aromatic rings. The number of hydrogen-bond donors (Lipinski definition) is 0. The zero-order valence-electron chi connectivity index (χ0n) is 10.1. The molecule has 1 aromatic heterocycles. The van der Waals surface area contributed by atoms with E-state index in [4.69, 9.17) is 5.26 Å². The maximum Gasteiger partial charge on any atom is 0.0937 e. The van der Waals surface area contributed by atoms with Gasteiger partial charge in [-0.3, -0.25) is 4.98 Å². The Balaban J connectivity index is 3.22. The SMILES string of the molecule is CC(C)(C)c1cccc(C(C)(C)C#N)n1. The maximum absolute atomic E-state index is 9.05. The molecule has 1 rings (SSSR count). The maximum atomic E-state index is 9.05. The van der Waals surface area contributed by atoms with Gasteiger partial charge in [0.1, 0.15) is 0 Å². The lowest BCUT2D eigenvalue weighted by Crippen LogP contribution is -2.20. The summed E-state index contributed by atoms with van der Waals surface area (Å²) in [5, 5.41) is 9.05. The van der Waals surface area contributed by atoms with Crippen LogP contribution in [-0.2, 0) is 10.8 Å². The minimum atomic E-state index is -0.513. The van der Waals surface area contributed by atoms with E-state index in [-0.39, 0.29) is 5.41 Å². The molecule has 0 amide bonds. The molecule has 15 heavy (non-hydrogen) atoms. The number of nitriles is 1. The van der Waals surface area contributed by atoms with Gasteiger partial charge in [-0.15, -0.1) is 0 Å². The molecule has 1 heterocycles. The number of aromatic nitrogens is 1. The van der Waals surface area contributed by atoms with E-state index in [0.29, 0.717) is 0 Å². The van der Waals surface area contributed by atoms with Crippen LogP contribution in [0.3, 0.4) is 0 Å². The van der Waals surface area contributed by atoms with Crippen molar-refractivity contribution in [3.63, 3.8) is 0 Å². The van der Waals surface area contributed by atoms with Crippen LogP contribution >= 0.6 is 0 Å². The van der Waals surface area contributed by atoms with Gasteiger partial charge >= 0.3 is 0 Å². The van der Waals surface area contributed by atoms with Gasteiger partial charge in [-0.1, -0.05) is 26.8 Å². The highest BCUT2D eigenvalue weighted by Crippen LogP contribution is 2.25. The van der Waals surface area contributed by atoms with Crippen LogP contribution < -0.4 is 0 Å². The molecular weight excluding hydrogens is 184 g/mol. The first kappa shape index (κ1) is 11.7. The van der Waals surface area contributed by atoms with Crippen molar-refractivity contribution in [3.05, 3.63) is 29.6 Å². The second-order valence-corrected chi connectivity index (χ2v) is 5.39. The van der Waals surface area contributed by atoms with E-state index in [0.717, 1.165) is 11.4 Å². The summed E-state index contributed by atoms with van der Waals surface area (Å²) in [4.78, 5) is 4.56. The highest BCUT2D eigenvalue weighted by atomic mass is 14.7. The molecule has 0 radical (unpaired) electrons. The Kier molecular flexibility index (Phi) is 2.86. The van der Waals surface area contributed by atoms with Crippen molar-refractivity contribution in [3.8, 4) is 6.07 Å². The van der Waals surface area contributed by atoms with Crippen molar-refractivity contribution in [1.29, 1.82) is 5.26 Å². The molecule has 0 aliphatic carbocycles. The van der Waals surface area contributed by atoms with Crippen LogP contribution in [0.15, 0.2) is 18.2 Å². The summed E-state index contributed by atoms with van der Waals surface area (Å²) >= 11 is 0. The third kappa shape index (κ3) is 2.56. The van der Waals surface area contributed by atoms with E-state index >= 15 is 0 Å². The van der Waals surface area contributed by atoms with Gasteiger partial charge in [0.05, 0.1) is 17.2 Å². The van der Waals surface area contributed by atoms with Crippen molar-refractivity contribution >= 4 is 0 Å². The zero-order chi connectivity index (χ0) is 11.7. The fourth-order valence-electron chi connectivity index (χ4n) is 1.26. The Labute approximate surface area is 92.0 Å². The Bertz CT molecular complexity index is 392. The van der Waals surface area contributed by atoms with Crippen molar-refractivity contribution < 1.29 is 0 Å². The van der Waals surface area contributed by atoms with Crippen LogP contribution in [0.5, 0.6) is 0 Å². The molecular formula is C13H18N2. The summed E-state index contributed by atoms with van der Waals surface area (Å²) in [5.74, 6) is 0. The predicted octanol–water partition coefficient (Wildman–Crippen LogP) is 3.18. The third-order valence-corrected chi connectivity index (χ3v) is 2.44. The van der Waals surface area contributed by atoms with E-state index in [1.165, 1.54) is 0 Å². The molecule has 0 unspecified atom stereocenters. The van der Waals surface area contributed by atoms with Gasteiger partial charge in [-0.2, -0.15) is 5.26 Å². The normalized spacial score (nSPS) is 12.3. The zero-order valence-corrected chi connectivity index (χ0v) is 10.1. The Morgan fingerprint density at radius 2 is 1.60 bits per heavy atom. The van der Waals surface area contributed by atoms with E-state index in [9.17, 15) is 0 Å². The van der Waals surface area contributed by atoms with Crippen LogP contribution in [0.1, 0.15) is 46.0 Å². The fourth-order valence-corrected chi connectivity index (χ4v) is 1.26. The first-order chi connectivity index (χ1) is 6.77. The summed E-state index contributed by atoms with van der Waals surface area (Å²) in [6.07, 6.45) is 0. The smallest absolute Gasteiger partial charge is 0.0937 e. The molecule has 0 aliphatic heterocycles. The van der Waals surface area contributed by atoms with Gasteiger partial charge < -0.3 is 0 Å². The summed E-state index contributed by atoms with van der Waals surface area (Å²) in [5.41, 5.74) is 1.39. The lowest BCUT2D eigenvalue weighted by Gasteiger charge is -2.21. The fraction of sp³-hybridized carbons (Fsp3) is 0.538. The Morgan fingerprint density at radius 3 is 2.07 bits per heavy atom. The van der Waals surface area contributed by atoms with Gasteiger partial charge in [-0.25, -0.2) is 0 Å². The van der Waals surface area contributed by atoms with Gasteiger partial charge in [0.15, 0.2) is 0 Å². The number of pyridine rings is 1. The van der Waals surface area contributed by atoms with Crippen molar-refractivity contribution in [2.24, 2.45) is 0 Å². The van der Waals surface area contributed by atoms with Crippen LogP contribution in [0.25, 0.3) is 0 Å². The first-order valence-corrected chi connectivity index (χ1v) is 5.16. The average molecular weight is 202 g/mol. The second kappa shape index (κ2) is 3.66. The van der Waals surface area contributed by atoms with E-state index in [1.807, 2.05) is 32.0 Å². The van der Waals surface area contributed by atoms with Crippen LogP contribution in [-0.4, -0.2) is 4.98 Å². The van der Waals surface area contributed by atoms with Crippen LogP contribution in [0.4, 0.5) is 0 Å². The largest absolute Gasteiger partial charge is 0.256 e. The predicted molar refractivity (Wildman–Crippen MR) is 61.6 cm³/mol. The molecule has 0 aromatic carbocycles. The average Bonchev–Trinajstić information content (AvgIpc) is 2.17. The number of rotatable bonds is 1. The minimum Gasteiger partial charge on any atom is -0.256 e. The highest BCUT2D eigenvalue weighted by Gasteiger charge is 2.23. The monoisotopic (exact) mass is 202 g/mol. The molecule has 0 aliphatic rings. The molecule has 0 fully saturated rings. The Hall–Kier alpha value is -1.36. The number of nitrogens with zero attached hydrogens (tertiary/aromatic N) is 2. The van der Waals surface area contributed by atoms with Crippen LogP contribution in [0.2, 0.25) is 0 Å². The van der Waals surface area contributed by atoms with Gasteiger partial charge in [-0.05, 0) is 26.0 Å². The summed E-state index contributed by atoms with van der Waals surface area (Å²) in [7, 11) is 0. The van der Waals surface area contributed by atoms with Crippen molar-refractivity contribution in [2.45, 2.75) is 45.4 Å². The molecule has 0 N–H and O–H groups in total. The lowest BCUT2D eigenvalue weighted by molar-refractivity contribution is 0.554. The molecule has 2 heteroatoms. The molecule has 0 saturated heterocycles. The molecule has 0 spiro atoms. The molecule has 80 valence electrons.